The molecule has 1 spiro atoms. The van der Waals surface area contributed by atoms with E-state index < -0.39 is 0 Å². The second kappa shape index (κ2) is 8.96. The van der Waals surface area contributed by atoms with Gasteiger partial charge in [0, 0.05) is 29.8 Å². The molecule has 3 aromatic carbocycles. The van der Waals surface area contributed by atoms with E-state index >= 15 is 0 Å². The van der Waals surface area contributed by atoms with Crippen molar-refractivity contribution in [3.8, 4) is 11.8 Å². The molecule has 0 aromatic heterocycles. The summed E-state index contributed by atoms with van der Waals surface area (Å²) in [5, 5.41) is 9.03. The Balaban J connectivity index is 1.38. The quantitative estimate of drug-likeness (QED) is 0.556. The van der Waals surface area contributed by atoms with Crippen molar-refractivity contribution >= 4 is 11.6 Å². The fourth-order valence-electron chi connectivity index (χ4n) is 5.32. The van der Waals surface area contributed by atoms with Gasteiger partial charge in [-0.1, -0.05) is 29.8 Å². The van der Waals surface area contributed by atoms with Crippen LogP contribution < -0.4 is 9.64 Å². The first-order valence-electron chi connectivity index (χ1n) is 11.8. The van der Waals surface area contributed by atoms with Crippen LogP contribution in [0.25, 0.3) is 0 Å². The summed E-state index contributed by atoms with van der Waals surface area (Å²) in [7, 11) is 1.69. The van der Waals surface area contributed by atoms with Crippen molar-refractivity contribution in [1.82, 2.24) is 4.90 Å². The number of carbonyl (C=O) groups excluding carboxylic acids is 1. The predicted octanol–water partition coefficient (Wildman–Crippen LogP) is 5.07. The number of likely N-dealkylation sites (tertiary alicyclic amines) is 1. The minimum absolute atomic E-state index is 0.0586. The molecule has 3 aromatic rings. The fourth-order valence-corrected chi connectivity index (χ4v) is 5.32. The maximum absolute atomic E-state index is 13.5. The van der Waals surface area contributed by atoms with Crippen LogP contribution in [0.3, 0.4) is 0 Å². The summed E-state index contributed by atoms with van der Waals surface area (Å²) in [6, 6.07) is 24.0. The summed E-state index contributed by atoms with van der Waals surface area (Å²) < 4.78 is 5.55. The standard InChI is InChI=1S/C29H29N3O2/c1-21-3-9-24(10-4-21)28(33)32-20-29(26-17-25(34-2)11-12-27(26)32)13-15-31(16-14-29)19-23-7-5-22(18-30)6-8-23/h3-12,17H,13-16,19-20H2,1-2H3. The van der Waals surface area contributed by atoms with Gasteiger partial charge in [0.25, 0.3) is 5.91 Å². The van der Waals surface area contributed by atoms with Crippen molar-refractivity contribution in [3.63, 3.8) is 0 Å². The lowest BCUT2D eigenvalue weighted by Gasteiger charge is -2.40. The van der Waals surface area contributed by atoms with Crippen LogP contribution in [-0.4, -0.2) is 37.6 Å². The number of piperidine rings is 1. The molecule has 34 heavy (non-hydrogen) atoms. The van der Waals surface area contributed by atoms with Gasteiger partial charge in [0.1, 0.15) is 5.75 Å². The Hall–Kier alpha value is -3.62. The maximum Gasteiger partial charge on any atom is 0.258 e. The van der Waals surface area contributed by atoms with Crippen LogP contribution in [0, 0.1) is 18.3 Å². The number of anilines is 1. The third-order valence-electron chi connectivity index (χ3n) is 7.37. The van der Waals surface area contributed by atoms with Crippen LogP contribution in [-0.2, 0) is 12.0 Å². The first kappa shape index (κ1) is 22.2. The summed E-state index contributed by atoms with van der Waals surface area (Å²) in [6.07, 6.45) is 1.97. The highest BCUT2D eigenvalue weighted by molar-refractivity contribution is 6.07. The number of rotatable bonds is 4. The maximum atomic E-state index is 13.5. The molecule has 0 saturated carbocycles. The third-order valence-corrected chi connectivity index (χ3v) is 7.37. The zero-order valence-corrected chi connectivity index (χ0v) is 19.8. The number of aryl methyl sites for hydroxylation is 1. The van der Waals surface area contributed by atoms with Gasteiger partial charge in [-0.25, -0.2) is 0 Å². The number of ether oxygens (including phenoxy) is 1. The van der Waals surface area contributed by atoms with Crippen LogP contribution in [0.15, 0.2) is 66.7 Å². The number of benzene rings is 3. The van der Waals surface area contributed by atoms with E-state index in [1.165, 1.54) is 11.1 Å². The second-order valence-electron chi connectivity index (χ2n) is 9.51. The van der Waals surface area contributed by atoms with E-state index in [2.05, 4.69) is 17.0 Å². The van der Waals surface area contributed by atoms with E-state index in [1.807, 2.05) is 72.5 Å². The number of methoxy groups -OCH3 is 1. The van der Waals surface area contributed by atoms with E-state index in [9.17, 15) is 4.79 Å². The van der Waals surface area contributed by atoms with Crippen molar-refractivity contribution in [2.75, 3.05) is 31.6 Å². The molecule has 0 unspecified atom stereocenters. The molecule has 1 amide bonds. The molecule has 0 aliphatic carbocycles. The summed E-state index contributed by atoms with van der Waals surface area (Å²) in [6.45, 7) is 5.53. The fraction of sp³-hybridized carbons (Fsp3) is 0.310. The van der Waals surface area contributed by atoms with E-state index in [0.29, 0.717) is 12.1 Å². The number of amides is 1. The Morgan fingerprint density at radius 3 is 2.38 bits per heavy atom. The molecule has 2 aliphatic rings. The van der Waals surface area contributed by atoms with Gasteiger partial charge in [0.05, 0.1) is 18.7 Å². The minimum Gasteiger partial charge on any atom is -0.497 e. The zero-order chi connectivity index (χ0) is 23.7. The lowest BCUT2D eigenvalue weighted by atomic mass is 9.74. The van der Waals surface area contributed by atoms with Gasteiger partial charge in [-0.15, -0.1) is 0 Å². The summed E-state index contributed by atoms with van der Waals surface area (Å²) >= 11 is 0. The molecule has 1 fully saturated rings. The monoisotopic (exact) mass is 451 g/mol. The van der Waals surface area contributed by atoms with Crippen LogP contribution in [0.2, 0.25) is 0 Å². The highest BCUT2D eigenvalue weighted by atomic mass is 16.5. The number of nitrogens with zero attached hydrogens (tertiary/aromatic N) is 3. The van der Waals surface area contributed by atoms with Crippen LogP contribution in [0.1, 0.15) is 45.5 Å². The lowest BCUT2D eigenvalue weighted by molar-refractivity contribution is 0.0975. The van der Waals surface area contributed by atoms with Crippen molar-refractivity contribution in [1.29, 1.82) is 5.26 Å². The molecule has 1 saturated heterocycles. The first-order chi connectivity index (χ1) is 16.5. The molecule has 2 heterocycles. The van der Waals surface area contributed by atoms with Gasteiger partial charge in [0.2, 0.25) is 0 Å². The van der Waals surface area contributed by atoms with Gasteiger partial charge >= 0.3 is 0 Å². The second-order valence-corrected chi connectivity index (χ2v) is 9.51. The van der Waals surface area contributed by atoms with Crippen molar-refractivity contribution in [2.45, 2.75) is 31.7 Å². The van der Waals surface area contributed by atoms with Crippen LogP contribution in [0.4, 0.5) is 5.69 Å². The van der Waals surface area contributed by atoms with Gasteiger partial charge in [-0.3, -0.25) is 9.69 Å². The van der Waals surface area contributed by atoms with Gasteiger partial charge in [0.15, 0.2) is 0 Å². The van der Waals surface area contributed by atoms with Crippen LogP contribution in [0.5, 0.6) is 5.75 Å². The molecular formula is C29H29N3O2. The topological polar surface area (TPSA) is 56.6 Å². The van der Waals surface area contributed by atoms with E-state index in [-0.39, 0.29) is 11.3 Å². The van der Waals surface area contributed by atoms with Crippen molar-refractivity contribution in [3.05, 3.63) is 94.5 Å². The molecule has 5 heteroatoms. The molecule has 2 aliphatic heterocycles. The lowest BCUT2D eigenvalue weighted by Crippen LogP contribution is -2.45. The van der Waals surface area contributed by atoms with Crippen molar-refractivity contribution in [2.24, 2.45) is 0 Å². The highest BCUT2D eigenvalue weighted by Gasteiger charge is 2.46. The van der Waals surface area contributed by atoms with Gasteiger partial charge < -0.3 is 9.64 Å². The van der Waals surface area contributed by atoms with Gasteiger partial charge in [-0.05, 0) is 86.4 Å². The Labute approximate surface area is 201 Å². The number of hydrogen-bond donors (Lipinski definition) is 0. The normalized spacial score (nSPS) is 16.8. The molecule has 0 bridgehead atoms. The Kier molecular flexibility index (Phi) is 5.85. The van der Waals surface area contributed by atoms with Crippen molar-refractivity contribution < 1.29 is 9.53 Å². The smallest absolute Gasteiger partial charge is 0.258 e. The molecule has 0 N–H and O–H groups in total. The summed E-state index contributed by atoms with van der Waals surface area (Å²) in [5.74, 6) is 0.895. The van der Waals surface area contributed by atoms with Crippen LogP contribution >= 0.6 is 0 Å². The number of carbonyl (C=O) groups is 1. The highest BCUT2D eigenvalue weighted by Crippen LogP contribution is 2.48. The van der Waals surface area contributed by atoms with E-state index in [4.69, 9.17) is 10.00 Å². The molecule has 5 nitrogen and oxygen atoms in total. The SMILES string of the molecule is COc1ccc2c(c1)C1(CCN(Cc3ccc(C#N)cc3)CC1)CN2C(=O)c1ccc(C)cc1. The molecule has 0 atom stereocenters. The van der Waals surface area contributed by atoms with E-state index in [1.54, 1.807) is 7.11 Å². The Morgan fingerprint density at radius 1 is 1.03 bits per heavy atom. The number of hydrogen-bond acceptors (Lipinski definition) is 4. The third kappa shape index (κ3) is 4.06. The largest absolute Gasteiger partial charge is 0.497 e. The predicted molar refractivity (Wildman–Crippen MR) is 133 cm³/mol. The molecule has 5 rings (SSSR count). The first-order valence-corrected chi connectivity index (χ1v) is 11.8. The summed E-state index contributed by atoms with van der Waals surface area (Å²) in [5.41, 5.74) is 5.95. The Morgan fingerprint density at radius 2 is 1.74 bits per heavy atom. The Bertz CT molecular complexity index is 1230. The average Bonchev–Trinajstić information content (AvgIpc) is 3.19. The van der Waals surface area contributed by atoms with E-state index in [0.717, 1.165) is 55.0 Å². The molecule has 0 radical (unpaired) electrons. The zero-order valence-electron chi connectivity index (χ0n) is 19.8. The average molecular weight is 452 g/mol. The summed E-state index contributed by atoms with van der Waals surface area (Å²) in [4.78, 5) is 18.0. The molecule has 172 valence electrons. The number of nitriles is 1. The van der Waals surface area contributed by atoms with Gasteiger partial charge in [-0.2, -0.15) is 5.26 Å². The minimum atomic E-state index is -0.0641. The number of fused-ring (bicyclic) bond motifs is 2. The molecular weight excluding hydrogens is 422 g/mol.